The van der Waals surface area contributed by atoms with E-state index < -0.39 is 0 Å². The van der Waals surface area contributed by atoms with Crippen molar-refractivity contribution in [1.82, 2.24) is 3.11 Å². The Morgan fingerprint density at radius 3 is 2.33 bits per heavy atom. The summed E-state index contributed by atoms with van der Waals surface area (Å²) < 4.78 is 2.53. The Kier molecular flexibility index (Phi) is 4.87. The minimum absolute atomic E-state index is 0.809. The molecular formula is C10H20IN. The minimum Gasteiger partial charge on any atom is -0.244 e. The molecular weight excluding hydrogens is 261 g/mol. The SMILES string of the molecule is CC(C)CN(I)C1CCCCC1. The summed E-state index contributed by atoms with van der Waals surface area (Å²) in [6, 6.07) is 0.877. The van der Waals surface area contributed by atoms with Crippen molar-refractivity contribution in [3.8, 4) is 0 Å². The van der Waals surface area contributed by atoms with Crippen LogP contribution in [0.15, 0.2) is 0 Å². The van der Waals surface area contributed by atoms with Crippen LogP contribution in [0.3, 0.4) is 0 Å². The Morgan fingerprint density at radius 2 is 1.83 bits per heavy atom. The molecule has 0 spiro atoms. The molecule has 0 heterocycles. The van der Waals surface area contributed by atoms with Gasteiger partial charge < -0.3 is 0 Å². The predicted octanol–water partition coefficient (Wildman–Crippen LogP) is 3.63. The first-order chi connectivity index (χ1) is 5.70. The van der Waals surface area contributed by atoms with Crippen molar-refractivity contribution in [2.75, 3.05) is 6.54 Å². The van der Waals surface area contributed by atoms with E-state index in [2.05, 4.69) is 39.8 Å². The summed E-state index contributed by atoms with van der Waals surface area (Å²) in [7, 11) is 0. The summed E-state index contributed by atoms with van der Waals surface area (Å²) in [4.78, 5) is 0. The van der Waals surface area contributed by atoms with Gasteiger partial charge in [0.25, 0.3) is 0 Å². The van der Waals surface area contributed by atoms with Gasteiger partial charge in [-0.2, -0.15) is 0 Å². The zero-order valence-electron chi connectivity index (χ0n) is 8.22. The molecule has 2 heteroatoms. The summed E-state index contributed by atoms with van der Waals surface area (Å²) in [5.74, 6) is 0.809. The maximum absolute atomic E-state index is 2.53. The summed E-state index contributed by atoms with van der Waals surface area (Å²) in [6.45, 7) is 5.86. The van der Waals surface area contributed by atoms with Gasteiger partial charge in [0.15, 0.2) is 0 Å². The Bertz CT molecular complexity index is 119. The lowest BCUT2D eigenvalue weighted by molar-refractivity contribution is 0.273. The maximum atomic E-state index is 2.53. The topological polar surface area (TPSA) is 3.24 Å². The standard InChI is InChI=1S/C10H20IN/c1-9(2)8-12(11)10-6-4-3-5-7-10/h9-10H,3-8H2,1-2H3. The molecule has 1 nitrogen and oxygen atoms in total. The van der Waals surface area contributed by atoms with Crippen LogP contribution >= 0.6 is 22.9 Å². The van der Waals surface area contributed by atoms with Gasteiger partial charge in [-0.1, -0.05) is 33.1 Å². The highest BCUT2D eigenvalue weighted by molar-refractivity contribution is 14.1. The van der Waals surface area contributed by atoms with E-state index in [1.54, 1.807) is 0 Å². The number of hydrogen-bond donors (Lipinski definition) is 0. The molecule has 0 aromatic carbocycles. The Hall–Kier alpha value is 0.690. The smallest absolute Gasteiger partial charge is 0.0204 e. The van der Waals surface area contributed by atoms with Crippen LogP contribution < -0.4 is 0 Å². The van der Waals surface area contributed by atoms with Gasteiger partial charge >= 0.3 is 0 Å². The number of nitrogens with zero attached hydrogens (tertiary/aromatic N) is 1. The molecule has 1 rings (SSSR count). The predicted molar refractivity (Wildman–Crippen MR) is 62.4 cm³/mol. The zero-order chi connectivity index (χ0) is 8.97. The van der Waals surface area contributed by atoms with Crippen LogP contribution in [0.2, 0.25) is 0 Å². The molecule has 0 N–H and O–H groups in total. The van der Waals surface area contributed by atoms with Gasteiger partial charge in [-0.15, -0.1) is 0 Å². The molecule has 0 aliphatic heterocycles. The van der Waals surface area contributed by atoms with Crippen LogP contribution in [0.1, 0.15) is 46.0 Å². The van der Waals surface area contributed by atoms with Crippen LogP contribution in [0, 0.1) is 5.92 Å². The quantitative estimate of drug-likeness (QED) is 0.564. The van der Waals surface area contributed by atoms with E-state index in [1.807, 2.05) is 0 Å². The van der Waals surface area contributed by atoms with E-state index in [0.717, 1.165) is 12.0 Å². The van der Waals surface area contributed by atoms with Crippen LogP contribution in [-0.2, 0) is 0 Å². The van der Waals surface area contributed by atoms with Crippen molar-refractivity contribution >= 4 is 22.9 Å². The second-order valence-electron chi connectivity index (χ2n) is 4.27. The average Bonchev–Trinajstić information content (AvgIpc) is 2.05. The molecule has 0 amide bonds. The molecule has 0 bridgehead atoms. The first kappa shape index (κ1) is 10.8. The molecule has 0 atom stereocenters. The maximum Gasteiger partial charge on any atom is 0.0204 e. The van der Waals surface area contributed by atoms with E-state index in [9.17, 15) is 0 Å². The third-order valence-electron chi connectivity index (χ3n) is 2.51. The number of halogens is 1. The minimum atomic E-state index is 0.809. The zero-order valence-corrected chi connectivity index (χ0v) is 10.4. The Labute approximate surface area is 90.4 Å². The van der Waals surface area contributed by atoms with Crippen molar-refractivity contribution in [3.05, 3.63) is 0 Å². The summed E-state index contributed by atoms with van der Waals surface area (Å²) in [5.41, 5.74) is 0. The fourth-order valence-electron chi connectivity index (χ4n) is 1.86. The second-order valence-corrected chi connectivity index (χ2v) is 5.51. The number of rotatable bonds is 3. The van der Waals surface area contributed by atoms with Crippen LogP contribution in [0.5, 0.6) is 0 Å². The van der Waals surface area contributed by atoms with Gasteiger partial charge in [-0.25, -0.2) is 3.11 Å². The molecule has 1 aliphatic rings. The normalized spacial score (nSPS) is 20.8. The molecule has 0 saturated heterocycles. The van der Waals surface area contributed by atoms with Gasteiger partial charge in [-0.3, -0.25) is 0 Å². The molecule has 1 saturated carbocycles. The molecule has 72 valence electrons. The summed E-state index contributed by atoms with van der Waals surface area (Å²) >= 11 is 2.51. The first-order valence-electron chi connectivity index (χ1n) is 5.12. The molecule has 0 aromatic heterocycles. The molecule has 0 aromatic rings. The fourth-order valence-corrected chi connectivity index (χ4v) is 3.20. The fraction of sp³-hybridized carbons (Fsp3) is 1.00. The number of hydrogen-bond acceptors (Lipinski definition) is 1. The van der Waals surface area contributed by atoms with Gasteiger partial charge in [0.2, 0.25) is 0 Å². The second kappa shape index (κ2) is 5.43. The summed E-state index contributed by atoms with van der Waals surface area (Å²) in [5, 5.41) is 0. The lowest BCUT2D eigenvalue weighted by Gasteiger charge is -2.30. The van der Waals surface area contributed by atoms with Gasteiger partial charge in [0.05, 0.1) is 0 Å². The van der Waals surface area contributed by atoms with Gasteiger partial charge in [-0.05, 0) is 18.8 Å². The Morgan fingerprint density at radius 1 is 1.25 bits per heavy atom. The highest BCUT2D eigenvalue weighted by atomic mass is 127. The average molecular weight is 281 g/mol. The Balaban J connectivity index is 2.24. The van der Waals surface area contributed by atoms with Crippen LogP contribution in [0.25, 0.3) is 0 Å². The third-order valence-corrected chi connectivity index (χ3v) is 3.69. The van der Waals surface area contributed by atoms with Gasteiger partial charge in [0, 0.05) is 35.5 Å². The highest BCUT2D eigenvalue weighted by Crippen LogP contribution is 2.25. The van der Waals surface area contributed by atoms with Crippen molar-refractivity contribution < 1.29 is 0 Å². The van der Waals surface area contributed by atoms with Crippen molar-refractivity contribution in [2.45, 2.75) is 52.0 Å². The summed E-state index contributed by atoms with van der Waals surface area (Å²) in [6.07, 6.45) is 7.21. The van der Waals surface area contributed by atoms with Crippen molar-refractivity contribution in [3.63, 3.8) is 0 Å². The first-order valence-corrected chi connectivity index (χ1v) is 6.09. The van der Waals surface area contributed by atoms with Crippen LogP contribution in [-0.4, -0.2) is 15.7 Å². The van der Waals surface area contributed by atoms with Crippen molar-refractivity contribution in [1.29, 1.82) is 0 Å². The molecule has 1 fully saturated rings. The van der Waals surface area contributed by atoms with E-state index in [1.165, 1.54) is 38.6 Å². The van der Waals surface area contributed by atoms with E-state index in [-0.39, 0.29) is 0 Å². The highest BCUT2D eigenvalue weighted by Gasteiger charge is 2.19. The van der Waals surface area contributed by atoms with Crippen LogP contribution in [0.4, 0.5) is 0 Å². The molecule has 12 heavy (non-hydrogen) atoms. The molecule has 1 aliphatic carbocycles. The molecule has 0 unspecified atom stereocenters. The third kappa shape index (κ3) is 3.60. The molecule has 0 radical (unpaired) electrons. The van der Waals surface area contributed by atoms with Crippen molar-refractivity contribution in [2.24, 2.45) is 5.92 Å². The van der Waals surface area contributed by atoms with E-state index in [4.69, 9.17) is 0 Å². The monoisotopic (exact) mass is 281 g/mol. The largest absolute Gasteiger partial charge is 0.244 e. The lowest BCUT2D eigenvalue weighted by Crippen LogP contribution is -2.31. The lowest BCUT2D eigenvalue weighted by atomic mass is 9.95. The van der Waals surface area contributed by atoms with E-state index in [0.29, 0.717) is 0 Å². The van der Waals surface area contributed by atoms with Gasteiger partial charge in [0.1, 0.15) is 0 Å². The van der Waals surface area contributed by atoms with E-state index >= 15 is 0 Å².